The van der Waals surface area contributed by atoms with Gasteiger partial charge in [-0.25, -0.2) is 0 Å². The first-order valence-electron chi connectivity index (χ1n) is 7.64. The highest BCUT2D eigenvalue weighted by Crippen LogP contribution is 2.26. The molecule has 0 spiro atoms. The number of primary amides is 1. The summed E-state index contributed by atoms with van der Waals surface area (Å²) in [5, 5.41) is 0. The maximum absolute atomic E-state index is 12.3. The van der Waals surface area contributed by atoms with Crippen LogP contribution < -0.4 is 5.73 Å². The number of rotatable bonds is 4. The Morgan fingerprint density at radius 3 is 2.37 bits per heavy atom. The van der Waals surface area contributed by atoms with Crippen molar-refractivity contribution in [2.45, 2.75) is 57.9 Å². The van der Waals surface area contributed by atoms with Crippen molar-refractivity contribution in [3.63, 3.8) is 0 Å². The Morgan fingerprint density at radius 1 is 1.05 bits per heavy atom. The number of nitrogens with two attached hydrogens (primary N) is 1. The van der Waals surface area contributed by atoms with Gasteiger partial charge in [0.25, 0.3) is 0 Å². The summed E-state index contributed by atoms with van der Waals surface area (Å²) in [5.74, 6) is 0.337. The maximum atomic E-state index is 12.3. The largest absolute Gasteiger partial charge is 0.369 e. The predicted molar refractivity (Wildman–Crippen MR) is 74.5 cm³/mol. The van der Waals surface area contributed by atoms with E-state index in [0.717, 1.165) is 25.7 Å². The fraction of sp³-hybridized carbons (Fsp3) is 0.867. The zero-order valence-electron chi connectivity index (χ0n) is 11.9. The van der Waals surface area contributed by atoms with Crippen molar-refractivity contribution in [1.82, 2.24) is 4.90 Å². The molecule has 4 heteroatoms. The molecule has 1 aliphatic heterocycles. The van der Waals surface area contributed by atoms with Crippen LogP contribution in [0.25, 0.3) is 0 Å². The van der Waals surface area contributed by atoms with Gasteiger partial charge in [0.1, 0.15) is 5.78 Å². The Labute approximate surface area is 115 Å². The summed E-state index contributed by atoms with van der Waals surface area (Å²) in [5.41, 5.74) is 5.40. The normalized spacial score (nSPS) is 30.2. The molecule has 1 saturated heterocycles. The van der Waals surface area contributed by atoms with E-state index in [1.807, 2.05) is 0 Å². The van der Waals surface area contributed by atoms with Crippen molar-refractivity contribution in [2.24, 2.45) is 17.6 Å². The van der Waals surface area contributed by atoms with Crippen LogP contribution in [0.4, 0.5) is 0 Å². The highest BCUT2D eigenvalue weighted by Gasteiger charge is 2.31. The van der Waals surface area contributed by atoms with Crippen LogP contribution in [0, 0.1) is 11.8 Å². The second-order valence-electron chi connectivity index (χ2n) is 6.26. The van der Waals surface area contributed by atoms with Gasteiger partial charge in [-0.3, -0.25) is 14.5 Å². The predicted octanol–water partition coefficient (Wildman–Crippen LogP) is 1.72. The number of piperidine rings is 1. The lowest BCUT2D eigenvalue weighted by atomic mass is 9.85. The van der Waals surface area contributed by atoms with Crippen molar-refractivity contribution in [3.05, 3.63) is 0 Å². The molecule has 19 heavy (non-hydrogen) atoms. The third-order valence-corrected chi connectivity index (χ3v) is 4.83. The Bertz CT molecular complexity index is 337. The van der Waals surface area contributed by atoms with E-state index in [0.29, 0.717) is 24.9 Å². The highest BCUT2D eigenvalue weighted by molar-refractivity contribution is 5.83. The van der Waals surface area contributed by atoms with E-state index in [4.69, 9.17) is 5.73 Å². The van der Waals surface area contributed by atoms with Crippen LogP contribution in [0.15, 0.2) is 0 Å². The lowest BCUT2D eigenvalue weighted by Gasteiger charge is -2.37. The number of hydrogen-bond donors (Lipinski definition) is 1. The van der Waals surface area contributed by atoms with Crippen LogP contribution in [-0.2, 0) is 9.59 Å². The fourth-order valence-electron chi connectivity index (χ4n) is 3.39. The average Bonchev–Trinajstić information content (AvgIpc) is 2.42. The summed E-state index contributed by atoms with van der Waals surface area (Å²) in [6.07, 6.45) is 7.59. The summed E-state index contributed by atoms with van der Waals surface area (Å²) < 4.78 is 0. The molecule has 0 radical (unpaired) electrons. The van der Waals surface area contributed by atoms with Crippen LogP contribution in [0.2, 0.25) is 0 Å². The van der Waals surface area contributed by atoms with Crippen LogP contribution >= 0.6 is 0 Å². The molecule has 2 aliphatic rings. The molecule has 2 atom stereocenters. The van der Waals surface area contributed by atoms with Crippen molar-refractivity contribution in [1.29, 1.82) is 0 Å². The summed E-state index contributed by atoms with van der Waals surface area (Å²) >= 11 is 0. The van der Waals surface area contributed by atoms with Crippen molar-refractivity contribution in [2.75, 3.05) is 13.1 Å². The number of ketones is 1. The number of nitrogens with zero attached hydrogens (tertiary/aromatic N) is 1. The molecular weight excluding hydrogens is 240 g/mol. The molecule has 2 N–H and O–H groups in total. The molecule has 0 aromatic carbocycles. The minimum Gasteiger partial charge on any atom is -0.369 e. The number of carbonyl (C=O) groups is 2. The fourth-order valence-corrected chi connectivity index (χ4v) is 3.39. The summed E-state index contributed by atoms with van der Waals surface area (Å²) in [6, 6.07) is 0.392. The second kappa shape index (κ2) is 6.51. The van der Waals surface area contributed by atoms with Gasteiger partial charge in [-0.15, -0.1) is 0 Å². The molecule has 108 valence electrons. The summed E-state index contributed by atoms with van der Waals surface area (Å²) in [6.45, 7) is 3.32. The van der Waals surface area contributed by atoms with E-state index in [9.17, 15) is 9.59 Å². The van der Waals surface area contributed by atoms with Crippen molar-refractivity contribution < 1.29 is 9.59 Å². The highest BCUT2D eigenvalue weighted by atomic mass is 16.1. The number of amides is 1. The Balaban J connectivity index is 1.88. The van der Waals surface area contributed by atoms with Gasteiger partial charge in [-0.1, -0.05) is 19.3 Å². The number of Topliss-reactive ketones (excluding diaryl/α,β-unsaturated/α-hetero) is 1. The smallest absolute Gasteiger partial charge is 0.221 e. The van der Waals surface area contributed by atoms with Gasteiger partial charge in [-0.2, -0.15) is 0 Å². The summed E-state index contributed by atoms with van der Waals surface area (Å²) in [7, 11) is 0. The lowest BCUT2D eigenvalue weighted by Crippen LogP contribution is -2.48. The number of likely N-dealkylation sites (tertiary alicyclic amines) is 1. The monoisotopic (exact) mass is 266 g/mol. The second-order valence-corrected chi connectivity index (χ2v) is 6.26. The van der Waals surface area contributed by atoms with Gasteiger partial charge in [0.05, 0.1) is 12.5 Å². The van der Waals surface area contributed by atoms with Gasteiger partial charge in [0.15, 0.2) is 0 Å². The van der Waals surface area contributed by atoms with Crippen molar-refractivity contribution in [3.8, 4) is 0 Å². The average molecular weight is 266 g/mol. The molecular formula is C15H26N2O2. The van der Waals surface area contributed by atoms with Gasteiger partial charge >= 0.3 is 0 Å². The van der Waals surface area contributed by atoms with Gasteiger partial charge in [0, 0.05) is 18.5 Å². The molecule has 2 unspecified atom stereocenters. The third kappa shape index (κ3) is 3.78. The number of carbonyl (C=O) groups excluding carboxylic acids is 2. The molecule has 1 aliphatic carbocycles. The lowest BCUT2D eigenvalue weighted by molar-refractivity contribution is -0.129. The third-order valence-electron chi connectivity index (χ3n) is 4.83. The van der Waals surface area contributed by atoms with E-state index in [-0.39, 0.29) is 17.7 Å². The van der Waals surface area contributed by atoms with E-state index in [1.165, 1.54) is 19.3 Å². The minimum absolute atomic E-state index is 0.0737. The van der Waals surface area contributed by atoms with Crippen LogP contribution in [0.3, 0.4) is 0 Å². The molecule has 2 rings (SSSR count). The van der Waals surface area contributed by atoms with E-state index in [2.05, 4.69) is 11.8 Å². The van der Waals surface area contributed by atoms with E-state index >= 15 is 0 Å². The maximum Gasteiger partial charge on any atom is 0.221 e. The van der Waals surface area contributed by atoms with E-state index in [1.54, 1.807) is 0 Å². The Kier molecular flexibility index (Phi) is 4.97. The van der Waals surface area contributed by atoms with Crippen LogP contribution in [0.1, 0.15) is 51.9 Å². The van der Waals surface area contributed by atoms with Gasteiger partial charge in [-0.05, 0) is 32.6 Å². The first-order chi connectivity index (χ1) is 9.08. The molecule has 0 aromatic heterocycles. The molecule has 2 fully saturated rings. The zero-order valence-corrected chi connectivity index (χ0v) is 11.9. The first-order valence-corrected chi connectivity index (χ1v) is 7.64. The quantitative estimate of drug-likeness (QED) is 0.842. The Morgan fingerprint density at radius 2 is 1.74 bits per heavy atom. The first kappa shape index (κ1) is 14.5. The molecule has 4 nitrogen and oxygen atoms in total. The minimum atomic E-state index is -0.220. The van der Waals surface area contributed by atoms with Crippen molar-refractivity contribution >= 4 is 11.7 Å². The SMILES string of the molecule is CC1CCC(C(N)=O)CN1CC(=O)C1CCCCC1. The van der Waals surface area contributed by atoms with E-state index < -0.39 is 0 Å². The Hall–Kier alpha value is -0.900. The molecule has 0 bridgehead atoms. The van der Waals surface area contributed by atoms with Crippen LogP contribution in [-0.4, -0.2) is 35.7 Å². The number of hydrogen-bond acceptors (Lipinski definition) is 3. The van der Waals surface area contributed by atoms with Gasteiger partial charge in [0.2, 0.25) is 5.91 Å². The molecule has 0 aromatic rings. The standard InChI is InChI=1S/C15H26N2O2/c1-11-7-8-13(15(16)19)9-17(11)10-14(18)12-5-3-2-4-6-12/h11-13H,2-10H2,1H3,(H2,16,19). The van der Waals surface area contributed by atoms with Gasteiger partial charge < -0.3 is 5.73 Å². The molecule has 1 amide bonds. The molecule has 1 saturated carbocycles. The van der Waals surface area contributed by atoms with Crippen LogP contribution in [0.5, 0.6) is 0 Å². The zero-order chi connectivity index (χ0) is 13.8. The topological polar surface area (TPSA) is 63.4 Å². The summed E-state index contributed by atoms with van der Waals surface area (Å²) in [4.78, 5) is 25.8. The molecule has 1 heterocycles.